The molecule has 11 nitrogen and oxygen atoms in total. The number of methoxy groups -OCH3 is 1. The summed E-state index contributed by atoms with van der Waals surface area (Å²) in [7, 11) is 1.68. The van der Waals surface area contributed by atoms with Gasteiger partial charge in [0.15, 0.2) is 5.82 Å². The van der Waals surface area contributed by atoms with Gasteiger partial charge in [-0.3, -0.25) is 4.79 Å². The number of fused-ring (bicyclic) bond motifs is 2. The lowest BCUT2D eigenvalue weighted by Gasteiger charge is -2.26. The van der Waals surface area contributed by atoms with Crippen molar-refractivity contribution in [1.29, 1.82) is 0 Å². The Hall–Kier alpha value is -5.63. The zero-order chi connectivity index (χ0) is 36.7. The van der Waals surface area contributed by atoms with Gasteiger partial charge in [0.05, 0.1) is 19.7 Å². The second-order valence-electron chi connectivity index (χ2n) is 12.7. The Morgan fingerprint density at radius 3 is 2.12 bits per heavy atom. The minimum absolute atomic E-state index is 0.0176. The molecule has 0 bridgehead atoms. The summed E-state index contributed by atoms with van der Waals surface area (Å²) in [6, 6.07) is 24.4. The number of rotatable bonds is 11. The van der Waals surface area contributed by atoms with Gasteiger partial charge in [-0.1, -0.05) is 48.5 Å². The predicted octanol–water partition coefficient (Wildman–Crippen LogP) is 6.12. The van der Waals surface area contributed by atoms with Crippen molar-refractivity contribution in [2.75, 3.05) is 20.2 Å². The largest absolute Gasteiger partial charge is 0.497 e. The predicted molar refractivity (Wildman–Crippen MR) is 190 cm³/mol. The third kappa shape index (κ3) is 8.62. The van der Waals surface area contributed by atoms with Crippen LogP contribution in [0.5, 0.6) is 5.75 Å². The number of aryl methyl sites for hydroxylation is 2. The fourth-order valence-corrected chi connectivity index (χ4v) is 6.56. The Labute approximate surface area is 297 Å². The topological polar surface area (TPSA) is 150 Å². The van der Waals surface area contributed by atoms with Crippen molar-refractivity contribution < 1.29 is 32.6 Å². The summed E-state index contributed by atoms with van der Waals surface area (Å²) in [6.07, 6.45) is 2.86. The number of aliphatic carboxylic acids is 1. The molecule has 1 aliphatic rings. The number of H-pyrrole nitrogens is 2. The maximum atomic E-state index is 13.7. The van der Waals surface area contributed by atoms with Gasteiger partial charge in [-0.2, -0.15) is 13.2 Å². The van der Waals surface area contributed by atoms with Gasteiger partial charge in [-0.15, -0.1) is 10.2 Å². The molecule has 3 aromatic carbocycles. The van der Waals surface area contributed by atoms with Crippen molar-refractivity contribution in [3.63, 3.8) is 0 Å². The van der Waals surface area contributed by atoms with Crippen LogP contribution in [0.25, 0.3) is 21.8 Å². The van der Waals surface area contributed by atoms with Crippen molar-refractivity contribution in [2.45, 2.75) is 50.9 Å². The Bertz CT molecular complexity index is 2110. The second kappa shape index (κ2) is 16.1. The Morgan fingerprint density at radius 1 is 0.904 bits per heavy atom. The quantitative estimate of drug-likeness (QED) is 0.109. The number of ether oxygens (including phenoxy) is 1. The van der Waals surface area contributed by atoms with E-state index >= 15 is 0 Å². The zero-order valence-corrected chi connectivity index (χ0v) is 28.5. The molecule has 0 saturated carbocycles. The van der Waals surface area contributed by atoms with Crippen LogP contribution < -0.4 is 15.4 Å². The summed E-state index contributed by atoms with van der Waals surface area (Å²) in [5.74, 6) is -0.212. The molecule has 7 rings (SSSR count). The molecular formula is C38H40F3N7O4. The SMILES string of the molecule is COc1ccc(Cn2c(CCc3c[nH]c4ccccc34)nnc2[C@@H](Cc2c[nH]c3ccccc23)NC(=O)C2CCNCC2)cc1.O=C(O)C(F)(F)F. The number of benzene rings is 3. The number of amides is 1. The van der Waals surface area contributed by atoms with Crippen LogP contribution >= 0.6 is 0 Å². The van der Waals surface area contributed by atoms with E-state index in [0.29, 0.717) is 19.4 Å². The standard InChI is InChI=1S/C36H39N7O2.C2HF3O2/c1-45-28-13-10-24(11-14-28)23-43-34(15-12-26-21-38-31-8-4-2-6-29(26)31)41-42-35(43)33(40-36(44)25-16-18-37-19-17-25)20-27-22-39-32-9-5-3-7-30(27)32;3-2(4,5)1(6)7/h2-11,13-14,21-22,25,33,37-39H,12,15-20,23H2,1H3,(H,40,44);(H,6,7)/t33-;/m1./s1. The number of aromatic amines is 2. The van der Waals surface area contributed by atoms with Gasteiger partial charge in [-0.05, 0) is 73.3 Å². The molecule has 0 radical (unpaired) electrons. The molecule has 14 heteroatoms. The van der Waals surface area contributed by atoms with Crippen molar-refractivity contribution >= 4 is 33.7 Å². The molecule has 1 atom stereocenters. The Balaban J connectivity index is 0.000000604. The highest BCUT2D eigenvalue weighted by Crippen LogP contribution is 2.27. The van der Waals surface area contributed by atoms with E-state index in [9.17, 15) is 18.0 Å². The van der Waals surface area contributed by atoms with E-state index in [1.54, 1.807) is 7.11 Å². The summed E-state index contributed by atoms with van der Waals surface area (Å²) in [4.78, 5) is 29.4. The van der Waals surface area contributed by atoms with Crippen LogP contribution in [0.1, 0.15) is 47.2 Å². The van der Waals surface area contributed by atoms with E-state index in [4.69, 9.17) is 24.8 Å². The third-order valence-corrected chi connectivity index (χ3v) is 9.33. The van der Waals surface area contributed by atoms with Crippen LogP contribution in [0.2, 0.25) is 0 Å². The molecule has 52 heavy (non-hydrogen) atoms. The summed E-state index contributed by atoms with van der Waals surface area (Å²) in [5, 5.41) is 25.9. The monoisotopic (exact) mass is 715 g/mol. The van der Waals surface area contributed by atoms with Gasteiger partial charge in [0, 0.05) is 53.0 Å². The fourth-order valence-electron chi connectivity index (χ4n) is 6.56. The van der Waals surface area contributed by atoms with E-state index in [1.807, 2.05) is 24.3 Å². The van der Waals surface area contributed by atoms with Gasteiger partial charge in [0.2, 0.25) is 5.91 Å². The number of hydrogen-bond acceptors (Lipinski definition) is 6. The average molecular weight is 716 g/mol. The maximum absolute atomic E-state index is 13.7. The summed E-state index contributed by atoms with van der Waals surface area (Å²) in [6.45, 7) is 2.30. The first kappa shape index (κ1) is 36.2. The number of carboxylic acid groups (broad SMARTS) is 1. The molecule has 3 aromatic heterocycles. The van der Waals surface area contributed by atoms with Crippen LogP contribution in [-0.2, 0) is 35.4 Å². The van der Waals surface area contributed by atoms with E-state index in [-0.39, 0.29) is 17.9 Å². The zero-order valence-electron chi connectivity index (χ0n) is 28.5. The fraction of sp³-hybridized carbons (Fsp3) is 0.316. The normalized spacial score (nSPS) is 14.2. The molecule has 0 spiro atoms. The number of nitrogens with zero attached hydrogens (tertiary/aromatic N) is 3. The van der Waals surface area contributed by atoms with E-state index in [0.717, 1.165) is 77.3 Å². The molecule has 272 valence electrons. The lowest BCUT2D eigenvalue weighted by Crippen LogP contribution is -2.41. The highest BCUT2D eigenvalue weighted by atomic mass is 19.4. The molecule has 1 saturated heterocycles. The maximum Gasteiger partial charge on any atom is 0.490 e. The second-order valence-corrected chi connectivity index (χ2v) is 12.7. The van der Waals surface area contributed by atoms with Crippen LogP contribution in [0, 0.1) is 5.92 Å². The minimum Gasteiger partial charge on any atom is -0.497 e. The number of piperidine rings is 1. The van der Waals surface area contributed by atoms with E-state index in [2.05, 4.69) is 86.1 Å². The smallest absolute Gasteiger partial charge is 0.490 e. The van der Waals surface area contributed by atoms with Crippen molar-refractivity contribution in [3.8, 4) is 5.75 Å². The number of carbonyl (C=O) groups is 2. The number of alkyl halides is 3. The molecule has 1 fully saturated rings. The Kier molecular flexibility index (Phi) is 11.2. The molecular weight excluding hydrogens is 675 g/mol. The van der Waals surface area contributed by atoms with E-state index < -0.39 is 12.1 Å². The number of hydrogen-bond donors (Lipinski definition) is 5. The molecule has 6 aromatic rings. The van der Waals surface area contributed by atoms with Crippen molar-refractivity contribution in [1.82, 2.24) is 35.4 Å². The first-order chi connectivity index (χ1) is 25.1. The number of aromatic nitrogens is 5. The Morgan fingerprint density at radius 2 is 1.50 bits per heavy atom. The number of carboxylic acids is 1. The van der Waals surface area contributed by atoms with E-state index in [1.165, 1.54) is 10.9 Å². The van der Waals surface area contributed by atoms with Crippen molar-refractivity contribution in [2.24, 2.45) is 5.92 Å². The highest BCUT2D eigenvalue weighted by molar-refractivity contribution is 5.84. The average Bonchev–Trinajstić information content (AvgIpc) is 3.88. The van der Waals surface area contributed by atoms with Gasteiger partial charge in [0.25, 0.3) is 0 Å². The van der Waals surface area contributed by atoms with Crippen LogP contribution in [0.4, 0.5) is 13.2 Å². The number of nitrogens with one attached hydrogen (secondary N) is 4. The van der Waals surface area contributed by atoms with Crippen LogP contribution in [0.15, 0.2) is 85.2 Å². The number of carbonyl (C=O) groups excluding carboxylic acids is 1. The molecule has 5 N–H and O–H groups in total. The first-order valence-electron chi connectivity index (χ1n) is 17.1. The molecule has 4 heterocycles. The summed E-state index contributed by atoms with van der Waals surface area (Å²) in [5.41, 5.74) is 5.71. The van der Waals surface area contributed by atoms with Gasteiger partial charge in [-0.25, -0.2) is 4.79 Å². The number of halogens is 3. The highest BCUT2D eigenvalue weighted by Gasteiger charge is 2.38. The van der Waals surface area contributed by atoms with Crippen LogP contribution in [0.3, 0.4) is 0 Å². The van der Waals surface area contributed by atoms with Gasteiger partial charge < -0.3 is 35.0 Å². The summed E-state index contributed by atoms with van der Waals surface area (Å²) < 4.78 is 39.4. The molecule has 0 aliphatic carbocycles. The lowest BCUT2D eigenvalue weighted by atomic mass is 9.96. The number of para-hydroxylation sites is 2. The molecule has 1 aliphatic heterocycles. The van der Waals surface area contributed by atoms with Gasteiger partial charge >= 0.3 is 12.1 Å². The first-order valence-corrected chi connectivity index (χ1v) is 17.1. The lowest BCUT2D eigenvalue weighted by molar-refractivity contribution is -0.192. The van der Waals surface area contributed by atoms with Crippen LogP contribution in [-0.4, -0.2) is 68.1 Å². The van der Waals surface area contributed by atoms with Crippen molar-refractivity contribution in [3.05, 3.63) is 114 Å². The molecule has 0 unspecified atom stereocenters. The minimum atomic E-state index is -5.08. The molecule has 1 amide bonds. The summed E-state index contributed by atoms with van der Waals surface area (Å²) >= 11 is 0. The van der Waals surface area contributed by atoms with Gasteiger partial charge in [0.1, 0.15) is 11.6 Å². The third-order valence-electron chi connectivity index (χ3n) is 9.33.